The van der Waals surface area contributed by atoms with Crippen LogP contribution in [0.4, 0.5) is 0 Å². The summed E-state index contributed by atoms with van der Waals surface area (Å²) in [5, 5.41) is 10.1. The SMILES string of the molecule is CCCN(CCC)C(=O)CN1CCCCC1C(O)CC. The van der Waals surface area contributed by atoms with E-state index in [2.05, 4.69) is 18.7 Å². The number of rotatable bonds is 8. The molecule has 0 radical (unpaired) electrons. The van der Waals surface area contributed by atoms with Crippen LogP contribution in [0, 0.1) is 0 Å². The highest BCUT2D eigenvalue weighted by atomic mass is 16.3. The molecule has 0 aromatic heterocycles. The van der Waals surface area contributed by atoms with Gasteiger partial charge in [0.1, 0.15) is 0 Å². The molecule has 1 saturated heterocycles. The number of likely N-dealkylation sites (tertiary alicyclic amines) is 1. The average Bonchev–Trinajstić information content (AvgIpc) is 2.46. The first-order chi connectivity index (χ1) is 9.63. The first kappa shape index (κ1) is 17.4. The number of piperidine rings is 1. The molecule has 0 spiro atoms. The third-order valence-electron chi connectivity index (χ3n) is 4.20. The standard InChI is InChI=1S/C16H32N2O2/c1-4-10-17(11-5-2)16(20)13-18-12-8-7-9-14(18)15(19)6-3/h14-15,19H,4-13H2,1-3H3. The van der Waals surface area contributed by atoms with E-state index in [-0.39, 0.29) is 18.1 Å². The summed E-state index contributed by atoms with van der Waals surface area (Å²) in [7, 11) is 0. The van der Waals surface area contributed by atoms with Crippen molar-refractivity contribution in [2.24, 2.45) is 0 Å². The summed E-state index contributed by atoms with van der Waals surface area (Å²) in [4.78, 5) is 16.6. The van der Waals surface area contributed by atoms with Gasteiger partial charge in [-0.3, -0.25) is 9.69 Å². The maximum Gasteiger partial charge on any atom is 0.236 e. The van der Waals surface area contributed by atoms with Crippen molar-refractivity contribution in [1.29, 1.82) is 0 Å². The zero-order chi connectivity index (χ0) is 15.0. The van der Waals surface area contributed by atoms with Crippen LogP contribution < -0.4 is 0 Å². The Kier molecular flexibility index (Phi) is 8.15. The number of aliphatic hydroxyl groups excluding tert-OH is 1. The van der Waals surface area contributed by atoms with Gasteiger partial charge in [-0.25, -0.2) is 0 Å². The average molecular weight is 284 g/mol. The molecule has 2 unspecified atom stereocenters. The third-order valence-corrected chi connectivity index (χ3v) is 4.20. The van der Waals surface area contributed by atoms with E-state index in [4.69, 9.17) is 0 Å². The van der Waals surface area contributed by atoms with E-state index >= 15 is 0 Å². The predicted molar refractivity (Wildman–Crippen MR) is 82.7 cm³/mol. The Morgan fingerprint density at radius 1 is 1.25 bits per heavy atom. The maximum atomic E-state index is 12.5. The number of amides is 1. The van der Waals surface area contributed by atoms with Crippen LogP contribution >= 0.6 is 0 Å². The van der Waals surface area contributed by atoms with E-state index in [1.54, 1.807) is 0 Å². The topological polar surface area (TPSA) is 43.8 Å². The molecular weight excluding hydrogens is 252 g/mol. The summed E-state index contributed by atoms with van der Waals surface area (Å²) in [6, 6.07) is 0.169. The van der Waals surface area contributed by atoms with Crippen LogP contribution in [0.15, 0.2) is 0 Å². The summed E-state index contributed by atoms with van der Waals surface area (Å²) < 4.78 is 0. The summed E-state index contributed by atoms with van der Waals surface area (Å²) in [5.41, 5.74) is 0. The number of nitrogens with zero attached hydrogens (tertiary/aromatic N) is 2. The fourth-order valence-electron chi connectivity index (χ4n) is 3.10. The Morgan fingerprint density at radius 2 is 1.90 bits per heavy atom. The molecule has 4 nitrogen and oxygen atoms in total. The normalized spacial score (nSPS) is 21.7. The molecule has 1 amide bonds. The summed E-state index contributed by atoms with van der Waals surface area (Å²) in [5.74, 6) is 0.226. The second-order valence-electron chi connectivity index (χ2n) is 5.89. The Bertz CT molecular complexity index is 278. The van der Waals surface area contributed by atoms with Crippen LogP contribution in [0.3, 0.4) is 0 Å². The second kappa shape index (κ2) is 9.35. The van der Waals surface area contributed by atoms with Gasteiger partial charge in [-0.2, -0.15) is 0 Å². The molecule has 1 fully saturated rings. The third kappa shape index (κ3) is 5.06. The van der Waals surface area contributed by atoms with Gasteiger partial charge in [-0.05, 0) is 38.6 Å². The van der Waals surface area contributed by atoms with Crippen LogP contribution in [0.1, 0.15) is 59.3 Å². The Labute approximate surface area is 124 Å². The maximum absolute atomic E-state index is 12.5. The molecule has 0 aromatic carbocycles. The highest BCUT2D eigenvalue weighted by Gasteiger charge is 2.29. The number of hydrogen-bond acceptors (Lipinski definition) is 3. The van der Waals surface area contributed by atoms with E-state index in [0.717, 1.165) is 51.7 Å². The first-order valence-electron chi connectivity index (χ1n) is 8.33. The summed E-state index contributed by atoms with van der Waals surface area (Å²) in [6.45, 7) is 9.35. The molecule has 0 bridgehead atoms. The first-order valence-corrected chi connectivity index (χ1v) is 8.33. The summed E-state index contributed by atoms with van der Waals surface area (Å²) >= 11 is 0. The Balaban J connectivity index is 2.60. The molecule has 2 atom stereocenters. The van der Waals surface area contributed by atoms with E-state index in [0.29, 0.717) is 6.54 Å². The van der Waals surface area contributed by atoms with Gasteiger partial charge < -0.3 is 10.0 Å². The number of hydrogen-bond donors (Lipinski definition) is 1. The van der Waals surface area contributed by atoms with E-state index in [1.165, 1.54) is 6.42 Å². The van der Waals surface area contributed by atoms with Gasteiger partial charge in [0.05, 0.1) is 12.6 Å². The quantitative estimate of drug-likeness (QED) is 0.743. The van der Waals surface area contributed by atoms with Gasteiger partial charge in [-0.15, -0.1) is 0 Å². The van der Waals surface area contributed by atoms with Crippen molar-refractivity contribution in [3.05, 3.63) is 0 Å². The van der Waals surface area contributed by atoms with Crippen LogP contribution in [0.2, 0.25) is 0 Å². The zero-order valence-corrected chi connectivity index (χ0v) is 13.5. The largest absolute Gasteiger partial charge is 0.392 e. The molecule has 1 N–H and O–H groups in total. The lowest BCUT2D eigenvalue weighted by atomic mass is 9.96. The molecule has 1 aliphatic heterocycles. The minimum absolute atomic E-state index is 0.169. The molecule has 1 aliphatic rings. The second-order valence-corrected chi connectivity index (χ2v) is 5.89. The minimum atomic E-state index is -0.297. The van der Waals surface area contributed by atoms with Crippen LogP contribution in [0.25, 0.3) is 0 Å². The molecule has 0 aliphatic carbocycles. The molecule has 0 saturated carbocycles. The Morgan fingerprint density at radius 3 is 2.45 bits per heavy atom. The molecule has 1 heterocycles. The fourth-order valence-corrected chi connectivity index (χ4v) is 3.10. The van der Waals surface area contributed by atoms with E-state index in [1.807, 2.05) is 11.8 Å². The van der Waals surface area contributed by atoms with Gasteiger partial charge in [-0.1, -0.05) is 27.2 Å². The Hall–Kier alpha value is -0.610. The van der Waals surface area contributed by atoms with Crippen molar-refractivity contribution < 1.29 is 9.90 Å². The van der Waals surface area contributed by atoms with Gasteiger partial charge in [0.15, 0.2) is 0 Å². The highest BCUT2D eigenvalue weighted by molar-refractivity contribution is 5.78. The monoisotopic (exact) mass is 284 g/mol. The van der Waals surface area contributed by atoms with Crippen molar-refractivity contribution in [1.82, 2.24) is 9.80 Å². The van der Waals surface area contributed by atoms with Crippen molar-refractivity contribution in [3.63, 3.8) is 0 Å². The lowest BCUT2D eigenvalue weighted by Gasteiger charge is -2.38. The molecule has 4 heteroatoms. The molecule has 1 rings (SSSR count). The van der Waals surface area contributed by atoms with Crippen LogP contribution in [-0.2, 0) is 4.79 Å². The van der Waals surface area contributed by atoms with Gasteiger partial charge >= 0.3 is 0 Å². The van der Waals surface area contributed by atoms with Crippen LogP contribution in [-0.4, -0.2) is 59.1 Å². The van der Waals surface area contributed by atoms with E-state index in [9.17, 15) is 9.90 Å². The summed E-state index contributed by atoms with van der Waals surface area (Å²) in [6.07, 6.45) is 5.81. The lowest BCUT2D eigenvalue weighted by Crippen LogP contribution is -2.51. The number of carbonyl (C=O) groups is 1. The van der Waals surface area contributed by atoms with Crippen LogP contribution in [0.5, 0.6) is 0 Å². The smallest absolute Gasteiger partial charge is 0.236 e. The van der Waals surface area contributed by atoms with Crippen molar-refractivity contribution in [3.8, 4) is 0 Å². The van der Waals surface area contributed by atoms with Crippen molar-refractivity contribution >= 4 is 5.91 Å². The highest BCUT2D eigenvalue weighted by Crippen LogP contribution is 2.21. The number of aliphatic hydroxyl groups is 1. The lowest BCUT2D eigenvalue weighted by molar-refractivity contribution is -0.134. The predicted octanol–water partition coefficient (Wildman–Crippen LogP) is 2.26. The molecule has 20 heavy (non-hydrogen) atoms. The molecular formula is C16H32N2O2. The van der Waals surface area contributed by atoms with E-state index < -0.39 is 0 Å². The van der Waals surface area contributed by atoms with Gasteiger partial charge in [0, 0.05) is 19.1 Å². The van der Waals surface area contributed by atoms with Crippen molar-refractivity contribution in [2.45, 2.75) is 71.4 Å². The zero-order valence-electron chi connectivity index (χ0n) is 13.5. The van der Waals surface area contributed by atoms with Crippen molar-refractivity contribution in [2.75, 3.05) is 26.2 Å². The minimum Gasteiger partial charge on any atom is -0.392 e. The fraction of sp³-hybridized carbons (Fsp3) is 0.938. The van der Waals surface area contributed by atoms with Gasteiger partial charge in [0.25, 0.3) is 0 Å². The molecule has 118 valence electrons. The van der Waals surface area contributed by atoms with Gasteiger partial charge in [0.2, 0.25) is 5.91 Å². The molecule has 0 aromatic rings. The number of carbonyl (C=O) groups excluding carboxylic acids is 1.